The normalized spacial score (nSPS) is 18.8. The van der Waals surface area contributed by atoms with E-state index in [-0.39, 0.29) is 17.2 Å². The van der Waals surface area contributed by atoms with Gasteiger partial charge in [-0.15, -0.1) is 8.78 Å². The minimum Gasteiger partial charge on any atom is -0.395 e. The van der Waals surface area contributed by atoms with Crippen molar-refractivity contribution in [3.63, 3.8) is 0 Å². The van der Waals surface area contributed by atoms with Crippen molar-refractivity contribution < 1.29 is 22.5 Å². The van der Waals surface area contributed by atoms with Crippen molar-refractivity contribution in [1.82, 2.24) is 4.98 Å². The Labute approximate surface area is 111 Å². The predicted molar refractivity (Wildman–Crippen MR) is 65.9 cm³/mol. The lowest BCUT2D eigenvalue weighted by atomic mass is 10.3. The van der Waals surface area contributed by atoms with Gasteiger partial charge < -0.3 is 9.47 Å². The fraction of sp³-hybridized carbons (Fsp3) is 0.455. The second-order valence-electron chi connectivity index (χ2n) is 4.82. The zero-order chi connectivity index (χ0) is 14.3. The molecular weight excluding hydrogens is 278 g/mol. The smallest absolute Gasteiger partial charge is 0.395 e. The van der Waals surface area contributed by atoms with Gasteiger partial charge >= 0.3 is 6.29 Å². The molecule has 0 aliphatic carbocycles. The largest absolute Gasteiger partial charge is 0.586 e. The van der Waals surface area contributed by atoms with Gasteiger partial charge in [0.2, 0.25) is 0 Å². The molecule has 104 valence electrons. The molecule has 0 N–H and O–H groups in total. The topological polar surface area (TPSA) is 60.8 Å². The Balaban J connectivity index is 2.17. The number of rotatable bonds is 2. The van der Waals surface area contributed by atoms with E-state index in [0.29, 0.717) is 0 Å². The first-order valence-electron chi connectivity index (χ1n) is 5.39. The first-order valence-corrected chi connectivity index (χ1v) is 6.50. The summed E-state index contributed by atoms with van der Waals surface area (Å²) < 4.78 is 49.1. The molecule has 2 heterocycles. The lowest BCUT2D eigenvalue weighted by Crippen LogP contribution is -2.25. The molecule has 0 radical (unpaired) electrons. The van der Waals surface area contributed by atoms with Crippen LogP contribution in [-0.2, 0) is 11.0 Å². The summed E-state index contributed by atoms with van der Waals surface area (Å²) in [7, 11) is -1.44. The lowest BCUT2D eigenvalue weighted by molar-refractivity contribution is -0.286. The van der Waals surface area contributed by atoms with Gasteiger partial charge in [-0.25, -0.2) is 4.21 Å². The molecule has 1 aromatic heterocycles. The van der Waals surface area contributed by atoms with E-state index in [0.717, 1.165) is 6.20 Å². The number of alkyl halides is 2. The van der Waals surface area contributed by atoms with Crippen LogP contribution in [0.3, 0.4) is 0 Å². The molecule has 0 unspecified atom stereocenters. The fourth-order valence-corrected chi connectivity index (χ4v) is 1.72. The van der Waals surface area contributed by atoms with E-state index in [1.165, 1.54) is 12.3 Å². The van der Waals surface area contributed by atoms with E-state index >= 15 is 0 Å². The van der Waals surface area contributed by atoms with Gasteiger partial charge in [0, 0.05) is 6.07 Å². The Hall–Kier alpha value is -1.57. The van der Waals surface area contributed by atoms with Crippen molar-refractivity contribution in [1.29, 1.82) is 0 Å². The number of hydrogen-bond donors (Lipinski definition) is 0. The van der Waals surface area contributed by atoms with E-state index in [1.807, 2.05) is 0 Å². The molecule has 19 heavy (non-hydrogen) atoms. The van der Waals surface area contributed by atoms with Crippen LogP contribution in [-0.4, -0.2) is 26.4 Å². The number of hydrogen-bond acceptors (Lipinski definition) is 4. The third kappa shape index (κ3) is 3.25. The Bertz CT molecular complexity index is 555. The Morgan fingerprint density at radius 1 is 1.37 bits per heavy atom. The van der Waals surface area contributed by atoms with Crippen LogP contribution in [0.1, 0.15) is 26.5 Å². The van der Waals surface area contributed by atoms with Crippen LogP contribution in [0.2, 0.25) is 0 Å². The number of nitrogens with zero attached hydrogens (tertiary/aromatic N) is 2. The Morgan fingerprint density at radius 2 is 2.00 bits per heavy atom. The zero-order valence-corrected chi connectivity index (χ0v) is 11.3. The molecule has 2 rings (SSSR count). The van der Waals surface area contributed by atoms with E-state index in [2.05, 4.69) is 18.9 Å². The first kappa shape index (κ1) is 13.9. The van der Waals surface area contributed by atoms with Crippen molar-refractivity contribution in [2.45, 2.75) is 31.8 Å². The maximum Gasteiger partial charge on any atom is 0.586 e. The molecule has 0 fully saturated rings. The van der Waals surface area contributed by atoms with E-state index in [4.69, 9.17) is 0 Å². The Kier molecular flexibility index (Phi) is 3.29. The van der Waals surface area contributed by atoms with Crippen LogP contribution in [0, 0.1) is 0 Å². The van der Waals surface area contributed by atoms with Gasteiger partial charge in [0.15, 0.2) is 11.5 Å². The predicted octanol–water partition coefficient (Wildman–Crippen LogP) is 2.28. The van der Waals surface area contributed by atoms with Gasteiger partial charge in [-0.3, -0.25) is 4.98 Å². The summed E-state index contributed by atoms with van der Waals surface area (Å²) in [6.45, 7) is 5.32. The molecule has 1 atom stereocenters. The average molecular weight is 290 g/mol. The molecule has 1 aliphatic heterocycles. The maximum absolute atomic E-state index is 12.8. The monoisotopic (exact) mass is 290 g/mol. The fourth-order valence-electron chi connectivity index (χ4n) is 1.20. The number of fused-ring (bicyclic) bond motifs is 1. The van der Waals surface area contributed by atoms with Gasteiger partial charge in [-0.1, -0.05) is 0 Å². The van der Waals surface area contributed by atoms with Crippen LogP contribution in [0.15, 0.2) is 16.7 Å². The number of aromatic nitrogens is 1. The van der Waals surface area contributed by atoms with Crippen LogP contribution in [0.4, 0.5) is 8.78 Å². The SMILES string of the molecule is CC(C)(C)[S@@](=O)/N=C/c1cc2c(cn1)OC(F)(F)O2. The Morgan fingerprint density at radius 3 is 2.63 bits per heavy atom. The minimum absolute atomic E-state index is 0.122. The van der Waals surface area contributed by atoms with Gasteiger partial charge in [-0.05, 0) is 20.8 Å². The standard InChI is InChI=1S/C11H12F2N2O3S/c1-10(2,3)19(16)15-5-7-4-8-9(6-14-7)18-11(12,13)17-8/h4-6H,1-3H3/b15-5+/t19-/m1/s1. The highest BCUT2D eigenvalue weighted by molar-refractivity contribution is 7.85. The van der Waals surface area contributed by atoms with Gasteiger partial charge in [-0.2, -0.15) is 4.40 Å². The van der Waals surface area contributed by atoms with Crippen molar-refractivity contribution in [2.24, 2.45) is 4.40 Å². The van der Waals surface area contributed by atoms with E-state index in [1.54, 1.807) is 20.8 Å². The highest BCUT2D eigenvalue weighted by Gasteiger charge is 2.43. The van der Waals surface area contributed by atoms with Crippen LogP contribution in [0.25, 0.3) is 0 Å². The second kappa shape index (κ2) is 4.52. The summed E-state index contributed by atoms with van der Waals surface area (Å²) in [6, 6.07) is 1.25. The second-order valence-corrected chi connectivity index (χ2v) is 6.75. The molecule has 8 heteroatoms. The number of halogens is 2. The summed E-state index contributed by atoms with van der Waals surface area (Å²) in [5.41, 5.74) is 0.262. The molecule has 1 aliphatic rings. The van der Waals surface area contributed by atoms with Crippen molar-refractivity contribution in [3.05, 3.63) is 18.0 Å². The quantitative estimate of drug-likeness (QED) is 0.784. The summed E-state index contributed by atoms with van der Waals surface area (Å²) in [5.74, 6) is -0.262. The highest BCUT2D eigenvalue weighted by atomic mass is 32.2. The molecule has 0 spiro atoms. The molecule has 0 saturated heterocycles. The minimum atomic E-state index is -3.67. The van der Waals surface area contributed by atoms with Crippen molar-refractivity contribution in [2.75, 3.05) is 0 Å². The summed E-state index contributed by atoms with van der Waals surface area (Å²) in [4.78, 5) is 3.85. The van der Waals surface area contributed by atoms with Gasteiger partial charge in [0.1, 0.15) is 11.0 Å². The molecule has 0 amide bonds. The average Bonchev–Trinajstić information content (AvgIpc) is 2.57. The van der Waals surface area contributed by atoms with Crippen LogP contribution >= 0.6 is 0 Å². The zero-order valence-electron chi connectivity index (χ0n) is 10.5. The van der Waals surface area contributed by atoms with E-state index in [9.17, 15) is 13.0 Å². The molecule has 0 aromatic carbocycles. The molecule has 0 saturated carbocycles. The number of pyridine rings is 1. The third-order valence-electron chi connectivity index (χ3n) is 2.11. The first-order chi connectivity index (χ1) is 8.67. The summed E-state index contributed by atoms with van der Waals surface area (Å²) in [5, 5.41) is 0. The molecular formula is C11H12F2N2O3S. The molecule has 0 bridgehead atoms. The number of ether oxygens (including phenoxy) is 2. The van der Waals surface area contributed by atoms with Crippen molar-refractivity contribution in [3.8, 4) is 11.5 Å². The lowest BCUT2D eigenvalue weighted by Gasteiger charge is -2.12. The molecule has 1 aromatic rings. The van der Waals surface area contributed by atoms with Gasteiger partial charge in [0.05, 0.1) is 22.9 Å². The van der Waals surface area contributed by atoms with Crippen LogP contribution in [0.5, 0.6) is 11.5 Å². The summed E-state index contributed by atoms with van der Waals surface area (Å²) in [6.07, 6.45) is -1.31. The molecule has 5 nitrogen and oxygen atoms in total. The highest BCUT2D eigenvalue weighted by Crippen LogP contribution is 2.40. The third-order valence-corrected chi connectivity index (χ3v) is 3.46. The summed E-state index contributed by atoms with van der Waals surface area (Å²) >= 11 is 0. The van der Waals surface area contributed by atoms with E-state index < -0.39 is 22.0 Å². The van der Waals surface area contributed by atoms with Crippen LogP contribution < -0.4 is 9.47 Å². The maximum atomic E-state index is 12.8. The van der Waals surface area contributed by atoms with Gasteiger partial charge in [0.25, 0.3) is 0 Å². The van der Waals surface area contributed by atoms with Crippen molar-refractivity contribution >= 4 is 17.2 Å².